The Morgan fingerprint density at radius 1 is 1.21 bits per heavy atom. The second-order valence-corrected chi connectivity index (χ2v) is 8.50. The number of hydrogen-bond donors (Lipinski definition) is 0. The quantitative estimate of drug-likeness (QED) is 0.666. The fraction of sp³-hybridized carbons (Fsp3) is 0.818. The minimum Gasteiger partial charge on any atom is -0.295 e. The Bertz CT molecular complexity index is 551. The van der Waals surface area contributed by atoms with Gasteiger partial charge >= 0.3 is 0 Å². The van der Waals surface area contributed by atoms with Crippen molar-refractivity contribution in [3.63, 3.8) is 0 Å². The van der Waals surface area contributed by atoms with Gasteiger partial charge in [0.15, 0.2) is 5.78 Å². The van der Waals surface area contributed by atoms with Gasteiger partial charge in [0, 0.05) is 6.42 Å². The summed E-state index contributed by atoms with van der Waals surface area (Å²) >= 11 is 0. The van der Waals surface area contributed by atoms with Crippen LogP contribution in [0.4, 0.5) is 0 Å². The van der Waals surface area contributed by atoms with Crippen molar-refractivity contribution in [2.24, 2.45) is 35.0 Å². The molecule has 0 amide bonds. The van der Waals surface area contributed by atoms with E-state index in [1.165, 1.54) is 24.8 Å². The molecule has 2 fully saturated rings. The minimum atomic E-state index is 0.235. The lowest BCUT2D eigenvalue weighted by Gasteiger charge is -2.48. The summed E-state index contributed by atoms with van der Waals surface area (Å²) in [5.74, 6) is 3.41. The smallest absolute Gasteiger partial charge is 0.155 e. The predicted molar refractivity (Wildman–Crippen MR) is 97.2 cm³/mol. The second-order valence-electron chi connectivity index (χ2n) is 8.50. The van der Waals surface area contributed by atoms with Crippen LogP contribution in [0, 0.1) is 46.3 Å². The Hall–Kier alpha value is -1.10. The summed E-state index contributed by atoms with van der Waals surface area (Å²) in [5.41, 5.74) is 1.68. The number of nitriles is 1. The SMILES string of the molecule is CC[C@@H]1CC2=CC(=O)CC[C@@H]2C[C@@H]1[C@@H]1CC[C@H](C#N)C1(CC)CC. The standard InChI is InChI=1S/C22H33NO/c1-4-15-11-17-12-19(24)9-7-16(17)13-20(15)21-10-8-18(14-23)22(21,5-2)6-3/h12,15-16,18,20-21H,4-11,13H2,1-3H3/t15-,16-,18-,20+,21+/m1/s1. The van der Waals surface area contributed by atoms with E-state index in [9.17, 15) is 10.1 Å². The molecule has 0 unspecified atom stereocenters. The fourth-order valence-corrected chi connectivity index (χ4v) is 6.59. The van der Waals surface area contributed by atoms with Gasteiger partial charge in [-0.15, -0.1) is 0 Å². The Morgan fingerprint density at radius 2 is 1.96 bits per heavy atom. The van der Waals surface area contributed by atoms with Crippen molar-refractivity contribution in [2.45, 2.75) is 78.6 Å². The van der Waals surface area contributed by atoms with E-state index in [1.54, 1.807) is 0 Å². The highest BCUT2D eigenvalue weighted by molar-refractivity contribution is 5.91. The summed E-state index contributed by atoms with van der Waals surface area (Å²) in [7, 11) is 0. The fourth-order valence-electron chi connectivity index (χ4n) is 6.59. The number of hydrogen-bond acceptors (Lipinski definition) is 2. The van der Waals surface area contributed by atoms with Gasteiger partial charge in [-0.25, -0.2) is 0 Å². The number of carbonyl (C=O) groups excluding carboxylic acids is 1. The molecule has 0 saturated heterocycles. The molecule has 0 spiro atoms. The van der Waals surface area contributed by atoms with Gasteiger partial charge in [-0.1, -0.05) is 32.8 Å². The van der Waals surface area contributed by atoms with Crippen LogP contribution in [0.15, 0.2) is 11.6 Å². The summed E-state index contributed by atoms with van der Waals surface area (Å²) in [6.07, 6.45) is 12.0. The summed E-state index contributed by atoms with van der Waals surface area (Å²) in [6, 6.07) is 2.66. The van der Waals surface area contributed by atoms with Crippen LogP contribution in [0.5, 0.6) is 0 Å². The molecule has 0 aromatic heterocycles. The molecule has 2 nitrogen and oxygen atoms in total. The third kappa shape index (κ3) is 2.75. The highest BCUT2D eigenvalue weighted by Gasteiger charge is 2.53. The third-order valence-electron chi connectivity index (χ3n) is 7.98. The Morgan fingerprint density at radius 3 is 2.58 bits per heavy atom. The van der Waals surface area contributed by atoms with E-state index in [4.69, 9.17) is 0 Å². The Labute approximate surface area is 147 Å². The maximum absolute atomic E-state index is 11.8. The first kappa shape index (κ1) is 17.7. The molecule has 2 saturated carbocycles. The van der Waals surface area contributed by atoms with Crippen molar-refractivity contribution in [3.8, 4) is 6.07 Å². The normalized spacial score (nSPS) is 38.3. The molecule has 24 heavy (non-hydrogen) atoms. The van der Waals surface area contributed by atoms with Crippen LogP contribution in [0.3, 0.4) is 0 Å². The maximum Gasteiger partial charge on any atom is 0.155 e. The first-order valence-corrected chi connectivity index (χ1v) is 10.2. The Balaban J connectivity index is 1.89. The minimum absolute atomic E-state index is 0.235. The highest BCUT2D eigenvalue weighted by atomic mass is 16.1. The molecule has 0 radical (unpaired) electrons. The maximum atomic E-state index is 11.8. The monoisotopic (exact) mass is 327 g/mol. The zero-order chi connectivity index (χ0) is 17.3. The highest BCUT2D eigenvalue weighted by Crippen LogP contribution is 2.60. The molecular weight excluding hydrogens is 294 g/mol. The van der Waals surface area contributed by atoms with E-state index in [0.717, 1.165) is 44.4 Å². The van der Waals surface area contributed by atoms with Crippen LogP contribution in [0.25, 0.3) is 0 Å². The van der Waals surface area contributed by atoms with E-state index < -0.39 is 0 Å². The van der Waals surface area contributed by atoms with E-state index in [0.29, 0.717) is 23.5 Å². The van der Waals surface area contributed by atoms with E-state index >= 15 is 0 Å². The van der Waals surface area contributed by atoms with Gasteiger partial charge in [0.25, 0.3) is 0 Å². The molecule has 2 heteroatoms. The molecule has 3 rings (SSSR count). The van der Waals surface area contributed by atoms with E-state index in [-0.39, 0.29) is 11.3 Å². The molecule has 0 aliphatic heterocycles. The van der Waals surface area contributed by atoms with Crippen LogP contribution in [-0.4, -0.2) is 5.78 Å². The molecule has 0 N–H and O–H groups in total. The number of allylic oxidation sites excluding steroid dienone is 2. The summed E-state index contributed by atoms with van der Waals surface area (Å²) < 4.78 is 0. The van der Waals surface area contributed by atoms with Gasteiger partial charge in [0.2, 0.25) is 0 Å². The topological polar surface area (TPSA) is 40.9 Å². The van der Waals surface area contributed by atoms with Crippen molar-refractivity contribution in [1.82, 2.24) is 0 Å². The molecule has 132 valence electrons. The lowest BCUT2D eigenvalue weighted by molar-refractivity contribution is -0.115. The number of carbonyl (C=O) groups is 1. The van der Waals surface area contributed by atoms with Crippen LogP contribution in [0.1, 0.15) is 78.6 Å². The number of ketones is 1. The lowest BCUT2D eigenvalue weighted by Crippen LogP contribution is -2.41. The number of rotatable bonds is 4. The van der Waals surface area contributed by atoms with Crippen molar-refractivity contribution in [1.29, 1.82) is 5.26 Å². The molecule has 5 atom stereocenters. The molecule has 0 aromatic carbocycles. The van der Waals surface area contributed by atoms with Crippen molar-refractivity contribution < 1.29 is 4.79 Å². The Kier molecular flexibility index (Phi) is 5.19. The number of fused-ring (bicyclic) bond motifs is 1. The van der Waals surface area contributed by atoms with Crippen molar-refractivity contribution in [3.05, 3.63) is 11.6 Å². The predicted octanol–water partition coefficient (Wildman–Crippen LogP) is 5.68. The van der Waals surface area contributed by atoms with Crippen LogP contribution in [0.2, 0.25) is 0 Å². The largest absolute Gasteiger partial charge is 0.295 e. The lowest BCUT2D eigenvalue weighted by atomic mass is 9.56. The van der Waals surface area contributed by atoms with Gasteiger partial charge in [-0.3, -0.25) is 4.79 Å². The molecule has 0 aromatic rings. The summed E-state index contributed by atoms with van der Waals surface area (Å²) in [6.45, 7) is 6.93. The number of nitrogens with zero attached hydrogens (tertiary/aromatic N) is 1. The molecule has 3 aliphatic rings. The van der Waals surface area contributed by atoms with Gasteiger partial charge in [0.1, 0.15) is 0 Å². The van der Waals surface area contributed by atoms with E-state index in [2.05, 4.69) is 26.8 Å². The van der Waals surface area contributed by atoms with Crippen LogP contribution >= 0.6 is 0 Å². The van der Waals surface area contributed by atoms with E-state index in [1.807, 2.05) is 6.08 Å². The van der Waals surface area contributed by atoms with Crippen LogP contribution in [-0.2, 0) is 4.79 Å². The third-order valence-corrected chi connectivity index (χ3v) is 7.98. The molecule has 0 bridgehead atoms. The second kappa shape index (κ2) is 7.03. The van der Waals surface area contributed by atoms with Crippen LogP contribution < -0.4 is 0 Å². The molecular formula is C22H33NO. The average molecular weight is 328 g/mol. The van der Waals surface area contributed by atoms with Crippen molar-refractivity contribution >= 4 is 5.78 Å². The summed E-state index contributed by atoms with van der Waals surface area (Å²) in [4.78, 5) is 11.8. The van der Waals surface area contributed by atoms with Gasteiger partial charge in [0.05, 0.1) is 12.0 Å². The molecule has 3 aliphatic carbocycles. The first-order valence-electron chi connectivity index (χ1n) is 10.2. The summed E-state index contributed by atoms with van der Waals surface area (Å²) in [5, 5.41) is 9.72. The zero-order valence-electron chi connectivity index (χ0n) is 15.7. The van der Waals surface area contributed by atoms with Gasteiger partial charge < -0.3 is 0 Å². The van der Waals surface area contributed by atoms with Crippen molar-refractivity contribution in [2.75, 3.05) is 0 Å². The average Bonchev–Trinajstić information content (AvgIpc) is 2.98. The van der Waals surface area contributed by atoms with Gasteiger partial charge in [-0.05, 0) is 80.1 Å². The van der Waals surface area contributed by atoms with Gasteiger partial charge in [-0.2, -0.15) is 5.26 Å². The first-order chi connectivity index (χ1) is 11.6. The molecule has 0 heterocycles. The zero-order valence-corrected chi connectivity index (χ0v) is 15.7.